The van der Waals surface area contributed by atoms with E-state index < -0.39 is 16.0 Å². The van der Waals surface area contributed by atoms with Crippen molar-refractivity contribution in [2.45, 2.75) is 18.7 Å². The molecule has 0 aliphatic heterocycles. The molecule has 0 saturated carbocycles. The summed E-state index contributed by atoms with van der Waals surface area (Å²) in [5.41, 5.74) is 6.50. The number of carbonyl (C=O) groups is 1. The Morgan fingerprint density at radius 2 is 1.86 bits per heavy atom. The van der Waals surface area contributed by atoms with Gasteiger partial charge in [-0.1, -0.05) is 17.7 Å². The fourth-order valence-corrected chi connectivity index (χ4v) is 3.21. The number of hydrogen-bond donors (Lipinski definition) is 1. The van der Waals surface area contributed by atoms with Gasteiger partial charge in [-0.15, -0.1) is 0 Å². The van der Waals surface area contributed by atoms with Crippen molar-refractivity contribution >= 4 is 21.7 Å². The first kappa shape index (κ1) is 15.1. The molecule has 0 radical (unpaired) electrons. The van der Waals surface area contributed by atoms with E-state index in [1.807, 2.05) is 6.92 Å². The third-order valence-electron chi connectivity index (χ3n) is 2.93. The van der Waals surface area contributed by atoms with Crippen LogP contribution in [0.25, 0.3) is 0 Å². The van der Waals surface area contributed by atoms with Gasteiger partial charge in [0.2, 0.25) is 0 Å². The Bertz CT molecular complexity index is 761. The normalized spacial score (nSPS) is 11.3. The van der Waals surface area contributed by atoms with Gasteiger partial charge in [-0.2, -0.15) is 0 Å². The lowest BCUT2D eigenvalue weighted by Crippen LogP contribution is -2.20. The van der Waals surface area contributed by atoms with Crippen LogP contribution in [0.1, 0.15) is 23.0 Å². The van der Waals surface area contributed by atoms with Crippen LogP contribution in [0, 0.1) is 6.92 Å². The maximum absolute atomic E-state index is 12.6. The molecule has 1 aromatic carbocycles. The number of aromatic nitrogens is 1. The van der Waals surface area contributed by atoms with E-state index in [9.17, 15) is 13.2 Å². The Morgan fingerprint density at radius 1 is 1.24 bits per heavy atom. The molecular formula is C14H16N2O4S. The molecule has 0 saturated heterocycles. The maximum Gasteiger partial charge on any atom is 0.358 e. The topological polar surface area (TPSA) is 91.4 Å². The highest BCUT2D eigenvalue weighted by molar-refractivity contribution is 7.90. The van der Waals surface area contributed by atoms with E-state index >= 15 is 0 Å². The Hall–Kier alpha value is -2.28. The largest absolute Gasteiger partial charge is 0.461 e. The highest BCUT2D eigenvalue weighted by Gasteiger charge is 2.26. The fraction of sp³-hybridized carbons (Fsp3) is 0.214. The molecule has 21 heavy (non-hydrogen) atoms. The van der Waals surface area contributed by atoms with Gasteiger partial charge in [0, 0.05) is 6.20 Å². The monoisotopic (exact) mass is 308 g/mol. The molecule has 0 unspecified atom stereocenters. The minimum Gasteiger partial charge on any atom is -0.461 e. The van der Waals surface area contributed by atoms with E-state index in [-0.39, 0.29) is 22.9 Å². The second kappa shape index (κ2) is 5.61. The number of ether oxygens (including phenoxy) is 1. The lowest BCUT2D eigenvalue weighted by Gasteiger charge is -2.10. The highest BCUT2D eigenvalue weighted by atomic mass is 32.2. The molecule has 0 spiro atoms. The summed E-state index contributed by atoms with van der Waals surface area (Å²) in [6, 6.07) is 7.69. The van der Waals surface area contributed by atoms with Crippen LogP contribution in [0.15, 0.2) is 41.4 Å². The Labute approximate surface area is 123 Å². The molecule has 0 fully saturated rings. The summed E-state index contributed by atoms with van der Waals surface area (Å²) in [6.07, 6.45) is 1.25. The van der Waals surface area contributed by atoms with E-state index in [1.165, 1.54) is 24.4 Å². The summed E-state index contributed by atoms with van der Waals surface area (Å²) in [5, 5.41) is 0. The zero-order valence-electron chi connectivity index (χ0n) is 11.7. The predicted molar refractivity (Wildman–Crippen MR) is 78.6 cm³/mol. The van der Waals surface area contributed by atoms with Crippen LogP contribution in [-0.4, -0.2) is 25.0 Å². The number of aryl methyl sites for hydroxylation is 1. The van der Waals surface area contributed by atoms with Crippen LogP contribution >= 0.6 is 0 Å². The number of nitrogens with zero attached hydrogens (tertiary/aromatic N) is 1. The molecule has 0 aliphatic rings. The summed E-state index contributed by atoms with van der Waals surface area (Å²) in [7, 11) is -3.89. The van der Waals surface area contributed by atoms with E-state index in [1.54, 1.807) is 19.1 Å². The van der Waals surface area contributed by atoms with Crippen molar-refractivity contribution in [3.05, 3.63) is 47.8 Å². The molecule has 2 aromatic rings. The number of nitrogens with two attached hydrogens (primary N) is 1. The summed E-state index contributed by atoms with van der Waals surface area (Å²) < 4.78 is 30.9. The second-order valence-corrected chi connectivity index (χ2v) is 6.27. The van der Waals surface area contributed by atoms with Gasteiger partial charge in [0.15, 0.2) is 5.69 Å². The molecule has 0 amide bonds. The first-order valence-corrected chi connectivity index (χ1v) is 7.78. The minimum atomic E-state index is -3.89. The summed E-state index contributed by atoms with van der Waals surface area (Å²) >= 11 is 0. The Morgan fingerprint density at radius 3 is 2.43 bits per heavy atom. The number of carbonyl (C=O) groups excluding carboxylic acids is 1. The van der Waals surface area contributed by atoms with Crippen molar-refractivity contribution in [1.82, 2.24) is 3.97 Å². The van der Waals surface area contributed by atoms with Crippen LogP contribution in [0.5, 0.6) is 0 Å². The van der Waals surface area contributed by atoms with Crippen molar-refractivity contribution in [2.75, 3.05) is 12.3 Å². The van der Waals surface area contributed by atoms with E-state index in [4.69, 9.17) is 10.5 Å². The smallest absolute Gasteiger partial charge is 0.358 e. The van der Waals surface area contributed by atoms with E-state index in [0.717, 1.165) is 9.54 Å². The lowest BCUT2D eigenvalue weighted by molar-refractivity contribution is 0.0519. The van der Waals surface area contributed by atoms with Crippen molar-refractivity contribution in [2.24, 2.45) is 0 Å². The van der Waals surface area contributed by atoms with Crippen LogP contribution in [0.4, 0.5) is 5.69 Å². The van der Waals surface area contributed by atoms with E-state index in [0.29, 0.717) is 0 Å². The number of esters is 1. The van der Waals surface area contributed by atoms with Gasteiger partial charge >= 0.3 is 5.97 Å². The van der Waals surface area contributed by atoms with Crippen molar-refractivity contribution in [1.29, 1.82) is 0 Å². The highest BCUT2D eigenvalue weighted by Crippen LogP contribution is 2.22. The Balaban J connectivity index is 2.56. The van der Waals surface area contributed by atoms with E-state index in [2.05, 4.69) is 0 Å². The molecule has 0 atom stereocenters. The average molecular weight is 308 g/mol. The first-order chi connectivity index (χ1) is 9.87. The molecule has 7 heteroatoms. The van der Waals surface area contributed by atoms with Crippen LogP contribution in [0.3, 0.4) is 0 Å². The van der Waals surface area contributed by atoms with Crippen LogP contribution < -0.4 is 5.73 Å². The number of rotatable bonds is 4. The second-order valence-electron chi connectivity index (χ2n) is 4.45. The van der Waals surface area contributed by atoms with Gasteiger partial charge < -0.3 is 10.5 Å². The van der Waals surface area contributed by atoms with Gasteiger partial charge in [-0.05, 0) is 32.0 Å². The van der Waals surface area contributed by atoms with Crippen molar-refractivity contribution < 1.29 is 17.9 Å². The van der Waals surface area contributed by atoms with Crippen LogP contribution in [-0.2, 0) is 14.8 Å². The minimum absolute atomic E-state index is 0.0594. The molecule has 112 valence electrons. The molecule has 2 N–H and O–H groups in total. The standard InChI is InChI=1S/C14H16N2O4S/c1-3-20-14(17)13-12(15)8-9-16(13)21(18,19)11-6-4-10(2)5-7-11/h4-9H,3,15H2,1-2H3. The number of nitrogen functional groups attached to an aromatic ring is 1. The van der Waals surface area contributed by atoms with Crippen molar-refractivity contribution in [3.8, 4) is 0 Å². The average Bonchev–Trinajstić information content (AvgIpc) is 2.82. The van der Waals surface area contributed by atoms with Gasteiger partial charge in [0.1, 0.15) is 0 Å². The van der Waals surface area contributed by atoms with Gasteiger partial charge in [0.05, 0.1) is 17.2 Å². The van der Waals surface area contributed by atoms with Gasteiger partial charge in [-0.3, -0.25) is 0 Å². The third kappa shape index (κ3) is 2.78. The number of anilines is 1. The molecule has 0 aliphatic carbocycles. The lowest BCUT2D eigenvalue weighted by atomic mass is 10.2. The third-order valence-corrected chi connectivity index (χ3v) is 4.62. The summed E-state index contributed by atoms with van der Waals surface area (Å²) in [4.78, 5) is 12.0. The zero-order chi connectivity index (χ0) is 15.6. The molecular weight excluding hydrogens is 292 g/mol. The maximum atomic E-state index is 12.6. The number of hydrogen-bond acceptors (Lipinski definition) is 5. The van der Waals surface area contributed by atoms with Gasteiger partial charge in [-0.25, -0.2) is 17.2 Å². The van der Waals surface area contributed by atoms with Gasteiger partial charge in [0.25, 0.3) is 10.0 Å². The molecule has 0 bridgehead atoms. The first-order valence-electron chi connectivity index (χ1n) is 6.34. The molecule has 1 aromatic heterocycles. The van der Waals surface area contributed by atoms with Crippen molar-refractivity contribution in [3.63, 3.8) is 0 Å². The number of benzene rings is 1. The molecule has 2 rings (SSSR count). The predicted octanol–water partition coefficient (Wildman–Crippen LogP) is 1.79. The zero-order valence-corrected chi connectivity index (χ0v) is 12.6. The quantitative estimate of drug-likeness (QED) is 0.869. The SMILES string of the molecule is CCOC(=O)c1c(N)ccn1S(=O)(=O)c1ccc(C)cc1. The summed E-state index contributed by atoms with van der Waals surface area (Å²) in [6.45, 7) is 3.62. The molecule has 6 nitrogen and oxygen atoms in total. The summed E-state index contributed by atoms with van der Waals surface area (Å²) in [5.74, 6) is -0.768. The fourth-order valence-electron chi connectivity index (χ4n) is 1.86. The van der Waals surface area contributed by atoms with Crippen LogP contribution in [0.2, 0.25) is 0 Å². The molecule has 1 heterocycles. The Kier molecular flexibility index (Phi) is 4.04.